The number of rotatable bonds is 5. The molecular formula is C13H28N2O. The highest BCUT2D eigenvalue weighted by molar-refractivity contribution is 4.84. The Labute approximate surface area is 100 Å². The molecule has 2 unspecified atom stereocenters. The van der Waals surface area contributed by atoms with Crippen molar-refractivity contribution in [3.8, 4) is 0 Å². The predicted octanol–water partition coefficient (Wildman–Crippen LogP) is 1.32. The average Bonchev–Trinajstić information content (AvgIpc) is 2.62. The van der Waals surface area contributed by atoms with Gasteiger partial charge in [-0.2, -0.15) is 0 Å². The van der Waals surface area contributed by atoms with Gasteiger partial charge in [-0.25, -0.2) is 0 Å². The van der Waals surface area contributed by atoms with Gasteiger partial charge in [0, 0.05) is 19.6 Å². The summed E-state index contributed by atoms with van der Waals surface area (Å²) in [6.45, 7) is 13.8. The average molecular weight is 228 g/mol. The minimum atomic E-state index is -0.223. The first-order chi connectivity index (χ1) is 7.43. The first kappa shape index (κ1) is 13.9. The van der Waals surface area contributed by atoms with Gasteiger partial charge in [-0.15, -0.1) is 0 Å². The fraction of sp³-hybridized carbons (Fsp3) is 1.00. The van der Waals surface area contributed by atoms with Crippen LogP contribution in [0.15, 0.2) is 0 Å². The maximum atomic E-state index is 9.83. The molecule has 96 valence electrons. The number of β-amino-alcohol motifs (C(OH)–C–C–N with tert-alkyl or cyclic N) is 1. The zero-order chi connectivity index (χ0) is 12.2. The Bertz CT molecular complexity index is 201. The highest BCUT2D eigenvalue weighted by Crippen LogP contribution is 2.33. The number of aliphatic hydroxyl groups is 1. The zero-order valence-corrected chi connectivity index (χ0v) is 11.3. The van der Waals surface area contributed by atoms with Crippen molar-refractivity contribution in [2.75, 3.05) is 32.7 Å². The summed E-state index contributed by atoms with van der Waals surface area (Å²) >= 11 is 0. The van der Waals surface area contributed by atoms with Crippen LogP contribution in [-0.2, 0) is 0 Å². The monoisotopic (exact) mass is 228 g/mol. The van der Waals surface area contributed by atoms with Crippen LogP contribution in [0.2, 0.25) is 0 Å². The molecule has 2 atom stereocenters. The number of hydrogen-bond donors (Lipinski definition) is 2. The van der Waals surface area contributed by atoms with Crippen molar-refractivity contribution >= 4 is 0 Å². The molecule has 16 heavy (non-hydrogen) atoms. The summed E-state index contributed by atoms with van der Waals surface area (Å²) in [4.78, 5) is 2.40. The molecule has 3 heteroatoms. The Hall–Kier alpha value is -0.120. The highest BCUT2D eigenvalue weighted by Gasteiger charge is 2.32. The summed E-state index contributed by atoms with van der Waals surface area (Å²) in [6, 6.07) is 0. The van der Waals surface area contributed by atoms with Crippen LogP contribution in [0, 0.1) is 11.3 Å². The van der Waals surface area contributed by atoms with Crippen molar-refractivity contribution < 1.29 is 5.11 Å². The SMILES string of the molecule is CCNCC(O)CN1CCC(C(C)(C)C)C1. The van der Waals surface area contributed by atoms with E-state index in [1.54, 1.807) is 0 Å². The van der Waals surface area contributed by atoms with Crippen molar-refractivity contribution in [2.45, 2.75) is 40.2 Å². The van der Waals surface area contributed by atoms with E-state index in [2.05, 4.69) is 37.9 Å². The third-order valence-corrected chi connectivity index (χ3v) is 3.60. The molecule has 0 amide bonds. The van der Waals surface area contributed by atoms with Crippen molar-refractivity contribution in [3.05, 3.63) is 0 Å². The smallest absolute Gasteiger partial charge is 0.0791 e. The molecule has 0 saturated carbocycles. The maximum Gasteiger partial charge on any atom is 0.0791 e. The zero-order valence-electron chi connectivity index (χ0n) is 11.3. The fourth-order valence-corrected chi connectivity index (χ4v) is 2.38. The van der Waals surface area contributed by atoms with E-state index in [0.29, 0.717) is 12.0 Å². The Morgan fingerprint density at radius 3 is 2.62 bits per heavy atom. The highest BCUT2D eigenvalue weighted by atomic mass is 16.3. The summed E-state index contributed by atoms with van der Waals surface area (Å²) in [5, 5.41) is 13.0. The molecule has 1 saturated heterocycles. The van der Waals surface area contributed by atoms with E-state index in [0.717, 1.165) is 32.1 Å². The van der Waals surface area contributed by atoms with Crippen LogP contribution in [0.5, 0.6) is 0 Å². The third kappa shape index (κ3) is 4.40. The van der Waals surface area contributed by atoms with Gasteiger partial charge in [0.2, 0.25) is 0 Å². The van der Waals surface area contributed by atoms with Gasteiger partial charge in [0.25, 0.3) is 0 Å². The summed E-state index contributed by atoms with van der Waals surface area (Å²) in [5.41, 5.74) is 0.404. The summed E-state index contributed by atoms with van der Waals surface area (Å²) in [6.07, 6.45) is 1.05. The topological polar surface area (TPSA) is 35.5 Å². The number of likely N-dealkylation sites (tertiary alicyclic amines) is 1. The Morgan fingerprint density at radius 2 is 2.12 bits per heavy atom. The lowest BCUT2D eigenvalue weighted by Gasteiger charge is -2.27. The lowest BCUT2D eigenvalue weighted by Crippen LogP contribution is -2.38. The summed E-state index contributed by atoms with van der Waals surface area (Å²) in [5.74, 6) is 0.777. The number of hydrogen-bond acceptors (Lipinski definition) is 3. The standard InChI is InChI=1S/C13H28N2O/c1-5-14-8-12(16)10-15-7-6-11(9-15)13(2,3)4/h11-12,14,16H,5-10H2,1-4H3. The molecule has 3 nitrogen and oxygen atoms in total. The Kier molecular flexibility index (Phi) is 5.22. The second-order valence-corrected chi connectivity index (χ2v) is 6.07. The molecule has 0 aromatic rings. The van der Waals surface area contributed by atoms with Gasteiger partial charge in [0.05, 0.1) is 6.10 Å². The predicted molar refractivity (Wildman–Crippen MR) is 68.6 cm³/mol. The molecule has 0 spiro atoms. The molecule has 1 fully saturated rings. The molecule has 1 aliphatic rings. The molecule has 0 aromatic heterocycles. The minimum absolute atomic E-state index is 0.223. The van der Waals surface area contributed by atoms with Gasteiger partial charge < -0.3 is 15.3 Å². The minimum Gasteiger partial charge on any atom is -0.390 e. The Morgan fingerprint density at radius 1 is 1.44 bits per heavy atom. The van der Waals surface area contributed by atoms with Crippen LogP contribution in [0.4, 0.5) is 0 Å². The lowest BCUT2D eigenvalue weighted by molar-refractivity contribution is 0.117. The van der Waals surface area contributed by atoms with Crippen molar-refractivity contribution in [1.29, 1.82) is 0 Å². The molecule has 0 aromatic carbocycles. The molecule has 0 bridgehead atoms. The molecule has 1 rings (SSSR count). The second kappa shape index (κ2) is 5.99. The van der Waals surface area contributed by atoms with Crippen molar-refractivity contribution in [2.24, 2.45) is 11.3 Å². The first-order valence-corrected chi connectivity index (χ1v) is 6.54. The van der Waals surface area contributed by atoms with E-state index in [-0.39, 0.29) is 6.10 Å². The van der Waals surface area contributed by atoms with E-state index in [9.17, 15) is 5.11 Å². The fourth-order valence-electron chi connectivity index (χ4n) is 2.38. The maximum absolute atomic E-state index is 9.83. The number of nitrogens with one attached hydrogen (secondary N) is 1. The lowest BCUT2D eigenvalue weighted by atomic mass is 9.80. The van der Waals surface area contributed by atoms with Crippen LogP contribution in [0.25, 0.3) is 0 Å². The van der Waals surface area contributed by atoms with Crippen LogP contribution < -0.4 is 5.32 Å². The van der Waals surface area contributed by atoms with Crippen molar-refractivity contribution in [3.63, 3.8) is 0 Å². The Balaban J connectivity index is 2.26. The molecular weight excluding hydrogens is 200 g/mol. The number of aliphatic hydroxyl groups excluding tert-OH is 1. The summed E-state index contributed by atoms with van der Waals surface area (Å²) in [7, 11) is 0. The van der Waals surface area contributed by atoms with Gasteiger partial charge in [-0.05, 0) is 30.8 Å². The largest absolute Gasteiger partial charge is 0.390 e. The van der Waals surface area contributed by atoms with E-state index in [4.69, 9.17) is 0 Å². The molecule has 1 aliphatic heterocycles. The van der Waals surface area contributed by atoms with E-state index < -0.39 is 0 Å². The van der Waals surface area contributed by atoms with Crippen LogP contribution in [0.3, 0.4) is 0 Å². The second-order valence-electron chi connectivity index (χ2n) is 6.07. The van der Waals surface area contributed by atoms with Gasteiger partial charge in [-0.3, -0.25) is 0 Å². The van der Waals surface area contributed by atoms with Crippen molar-refractivity contribution in [1.82, 2.24) is 10.2 Å². The van der Waals surface area contributed by atoms with E-state index in [1.807, 2.05) is 0 Å². The third-order valence-electron chi connectivity index (χ3n) is 3.60. The van der Waals surface area contributed by atoms with Crippen LogP contribution >= 0.6 is 0 Å². The van der Waals surface area contributed by atoms with E-state index in [1.165, 1.54) is 6.42 Å². The number of nitrogens with zero attached hydrogens (tertiary/aromatic N) is 1. The first-order valence-electron chi connectivity index (χ1n) is 6.54. The van der Waals surface area contributed by atoms with E-state index >= 15 is 0 Å². The van der Waals surface area contributed by atoms with Gasteiger partial charge in [0.15, 0.2) is 0 Å². The molecule has 0 radical (unpaired) electrons. The van der Waals surface area contributed by atoms with Crippen LogP contribution in [-0.4, -0.2) is 48.8 Å². The van der Waals surface area contributed by atoms with Crippen LogP contribution in [0.1, 0.15) is 34.1 Å². The molecule has 1 heterocycles. The van der Waals surface area contributed by atoms with Gasteiger partial charge in [-0.1, -0.05) is 27.7 Å². The van der Waals surface area contributed by atoms with Gasteiger partial charge in [0.1, 0.15) is 0 Å². The molecule has 0 aliphatic carbocycles. The summed E-state index contributed by atoms with van der Waals surface area (Å²) < 4.78 is 0. The quantitative estimate of drug-likeness (QED) is 0.745. The molecule has 2 N–H and O–H groups in total. The normalized spacial score (nSPS) is 24.9. The number of likely N-dealkylation sites (N-methyl/N-ethyl adjacent to an activating group) is 1. The van der Waals surface area contributed by atoms with Gasteiger partial charge >= 0.3 is 0 Å².